The van der Waals surface area contributed by atoms with Gasteiger partial charge in [0.1, 0.15) is 5.01 Å². The van der Waals surface area contributed by atoms with E-state index in [2.05, 4.69) is 38.4 Å². The lowest BCUT2D eigenvalue weighted by molar-refractivity contribution is 0.203. The van der Waals surface area contributed by atoms with Gasteiger partial charge in [-0.05, 0) is 48.9 Å². The lowest BCUT2D eigenvalue weighted by atomic mass is 9.91. The first-order valence-corrected chi connectivity index (χ1v) is 9.78. The molecule has 0 unspecified atom stereocenters. The molecular formula is C17H20N4S2. The van der Waals surface area contributed by atoms with Gasteiger partial charge in [0.15, 0.2) is 0 Å². The van der Waals surface area contributed by atoms with Crippen LogP contribution in [0.1, 0.15) is 30.0 Å². The van der Waals surface area contributed by atoms with E-state index < -0.39 is 0 Å². The Morgan fingerprint density at radius 2 is 2.13 bits per heavy atom. The summed E-state index contributed by atoms with van der Waals surface area (Å²) in [4.78, 5) is 7.32. The maximum atomic E-state index is 4.80. The van der Waals surface area contributed by atoms with Crippen LogP contribution in [0.25, 0.3) is 10.6 Å². The van der Waals surface area contributed by atoms with Crippen molar-refractivity contribution >= 4 is 22.7 Å². The Labute approximate surface area is 144 Å². The second-order valence-electron chi connectivity index (χ2n) is 6.15. The molecule has 0 atom stereocenters. The molecule has 4 nitrogen and oxygen atoms in total. The van der Waals surface area contributed by atoms with Crippen LogP contribution < -0.4 is 0 Å². The third-order valence-corrected chi connectivity index (χ3v) is 6.11. The molecule has 1 fully saturated rings. The summed E-state index contributed by atoms with van der Waals surface area (Å²) in [5.41, 5.74) is 3.85. The Morgan fingerprint density at radius 3 is 2.83 bits per heavy atom. The van der Waals surface area contributed by atoms with Crippen molar-refractivity contribution in [2.75, 3.05) is 13.1 Å². The van der Waals surface area contributed by atoms with Crippen LogP contribution in [0.3, 0.4) is 0 Å². The number of likely N-dealkylation sites (tertiary alicyclic amines) is 1. The van der Waals surface area contributed by atoms with Crippen LogP contribution in [-0.2, 0) is 13.6 Å². The Bertz CT molecular complexity index is 751. The summed E-state index contributed by atoms with van der Waals surface area (Å²) in [6.45, 7) is 3.26. The second kappa shape index (κ2) is 6.55. The van der Waals surface area contributed by atoms with Crippen molar-refractivity contribution in [1.29, 1.82) is 0 Å². The van der Waals surface area contributed by atoms with E-state index >= 15 is 0 Å². The van der Waals surface area contributed by atoms with E-state index in [9.17, 15) is 0 Å². The summed E-state index contributed by atoms with van der Waals surface area (Å²) in [6.07, 6.45) is 6.61. The van der Waals surface area contributed by atoms with Crippen molar-refractivity contribution in [2.45, 2.75) is 25.3 Å². The molecule has 4 rings (SSSR count). The summed E-state index contributed by atoms with van der Waals surface area (Å²) >= 11 is 3.48. The molecule has 120 valence electrons. The number of hydrogen-bond donors (Lipinski definition) is 0. The van der Waals surface area contributed by atoms with Gasteiger partial charge in [0.2, 0.25) is 0 Å². The molecule has 0 bridgehead atoms. The number of hydrogen-bond acceptors (Lipinski definition) is 5. The van der Waals surface area contributed by atoms with Gasteiger partial charge in [-0.15, -0.1) is 11.3 Å². The molecule has 0 spiro atoms. The molecule has 4 heterocycles. The summed E-state index contributed by atoms with van der Waals surface area (Å²) in [6, 6.07) is 2.15. The van der Waals surface area contributed by atoms with Crippen molar-refractivity contribution in [3.05, 3.63) is 45.9 Å². The van der Waals surface area contributed by atoms with Crippen LogP contribution in [-0.4, -0.2) is 32.8 Å². The molecule has 1 aliphatic heterocycles. The van der Waals surface area contributed by atoms with Crippen LogP contribution in [0.4, 0.5) is 0 Å². The Kier molecular flexibility index (Phi) is 4.29. The smallest absolute Gasteiger partial charge is 0.124 e. The van der Waals surface area contributed by atoms with Crippen molar-refractivity contribution < 1.29 is 0 Å². The molecule has 0 aliphatic carbocycles. The van der Waals surface area contributed by atoms with Gasteiger partial charge in [-0.25, -0.2) is 4.98 Å². The van der Waals surface area contributed by atoms with Crippen LogP contribution in [0, 0.1) is 0 Å². The molecule has 6 heteroatoms. The lowest BCUT2D eigenvalue weighted by Gasteiger charge is -2.31. The lowest BCUT2D eigenvalue weighted by Crippen LogP contribution is -2.32. The Morgan fingerprint density at radius 1 is 1.26 bits per heavy atom. The summed E-state index contributed by atoms with van der Waals surface area (Å²) in [5.74, 6) is 0.664. The molecular weight excluding hydrogens is 324 g/mol. The average molecular weight is 345 g/mol. The molecule has 0 aromatic carbocycles. The van der Waals surface area contributed by atoms with E-state index in [1.807, 2.05) is 17.9 Å². The summed E-state index contributed by atoms with van der Waals surface area (Å²) in [7, 11) is 1.99. The fraction of sp³-hybridized carbons (Fsp3) is 0.412. The first-order valence-electron chi connectivity index (χ1n) is 7.96. The maximum Gasteiger partial charge on any atom is 0.124 e. The normalized spacial score (nSPS) is 16.9. The molecule has 3 aromatic rings. The zero-order valence-corrected chi connectivity index (χ0v) is 14.8. The first kappa shape index (κ1) is 15.1. The summed E-state index contributed by atoms with van der Waals surface area (Å²) in [5, 5.41) is 11.9. The van der Waals surface area contributed by atoms with Gasteiger partial charge in [0, 0.05) is 36.1 Å². The van der Waals surface area contributed by atoms with E-state index in [1.54, 1.807) is 22.7 Å². The standard InChI is InChI=1S/C17H20N4S2/c1-20-9-15(8-18-20)13-2-5-21(6-3-13)10-16-12-23-17(19-16)14-4-7-22-11-14/h4,7-9,11-13H,2-3,5-6,10H2,1H3. The molecule has 0 radical (unpaired) electrons. The van der Waals surface area contributed by atoms with Crippen LogP contribution in [0.15, 0.2) is 34.6 Å². The van der Waals surface area contributed by atoms with Gasteiger partial charge < -0.3 is 0 Å². The highest BCUT2D eigenvalue weighted by atomic mass is 32.1. The minimum Gasteiger partial charge on any atom is -0.297 e. The number of aromatic nitrogens is 3. The minimum atomic E-state index is 0.664. The van der Waals surface area contributed by atoms with Crippen LogP contribution in [0.2, 0.25) is 0 Å². The topological polar surface area (TPSA) is 34.0 Å². The fourth-order valence-electron chi connectivity index (χ4n) is 3.20. The predicted octanol–water partition coefficient (Wildman–Crippen LogP) is 3.98. The molecule has 0 saturated carbocycles. The van der Waals surface area contributed by atoms with E-state index in [1.165, 1.54) is 29.7 Å². The Balaban J connectivity index is 1.34. The van der Waals surface area contributed by atoms with E-state index in [0.717, 1.165) is 24.6 Å². The highest BCUT2D eigenvalue weighted by Gasteiger charge is 2.22. The zero-order chi connectivity index (χ0) is 15.6. The molecule has 23 heavy (non-hydrogen) atoms. The number of rotatable bonds is 4. The van der Waals surface area contributed by atoms with Gasteiger partial charge in [0.25, 0.3) is 0 Å². The van der Waals surface area contributed by atoms with Gasteiger partial charge in [-0.1, -0.05) is 0 Å². The fourth-order valence-corrected chi connectivity index (χ4v) is 4.73. The minimum absolute atomic E-state index is 0.664. The van der Waals surface area contributed by atoms with Gasteiger partial charge in [-0.3, -0.25) is 9.58 Å². The molecule has 3 aromatic heterocycles. The average Bonchev–Trinajstić information content (AvgIpc) is 3.28. The zero-order valence-electron chi connectivity index (χ0n) is 13.2. The van der Waals surface area contributed by atoms with E-state index in [-0.39, 0.29) is 0 Å². The van der Waals surface area contributed by atoms with Gasteiger partial charge in [-0.2, -0.15) is 16.4 Å². The number of piperidine rings is 1. The SMILES string of the molecule is Cn1cc(C2CCN(Cc3csc(-c4ccsc4)n3)CC2)cn1. The van der Waals surface area contributed by atoms with Gasteiger partial charge in [0.05, 0.1) is 11.9 Å². The molecule has 0 amide bonds. The van der Waals surface area contributed by atoms with Crippen molar-refractivity contribution in [2.24, 2.45) is 7.05 Å². The Hall–Kier alpha value is -1.50. The molecule has 1 saturated heterocycles. The quantitative estimate of drug-likeness (QED) is 0.718. The number of thiazole rings is 1. The highest BCUT2D eigenvalue weighted by molar-refractivity contribution is 7.14. The highest BCUT2D eigenvalue weighted by Crippen LogP contribution is 2.29. The van der Waals surface area contributed by atoms with Crippen molar-refractivity contribution in [1.82, 2.24) is 19.7 Å². The first-order chi connectivity index (χ1) is 11.3. The van der Waals surface area contributed by atoms with E-state index in [0.29, 0.717) is 5.92 Å². The van der Waals surface area contributed by atoms with E-state index in [4.69, 9.17) is 4.98 Å². The largest absolute Gasteiger partial charge is 0.297 e. The monoisotopic (exact) mass is 344 g/mol. The van der Waals surface area contributed by atoms with Crippen molar-refractivity contribution in [3.8, 4) is 10.6 Å². The number of nitrogens with zero attached hydrogens (tertiary/aromatic N) is 4. The number of thiophene rings is 1. The molecule has 0 N–H and O–H groups in total. The van der Waals surface area contributed by atoms with Crippen LogP contribution in [0.5, 0.6) is 0 Å². The predicted molar refractivity (Wildman–Crippen MR) is 95.9 cm³/mol. The maximum absolute atomic E-state index is 4.80. The van der Waals surface area contributed by atoms with Gasteiger partial charge >= 0.3 is 0 Å². The van der Waals surface area contributed by atoms with Crippen LogP contribution >= 0.6 is 22.7 Å². The molecule has 1 aliphatic rings. The van der Waals surface area contributed by atoms with Crippen molar-refractivity contribution in [3.63, 3.8) is 0 Å². The summed E-state index contributed by atoms with van der Waals surface area (Å²) < 4.78 is 1.91. The third-order valence-electron chi connectivity index (χ3n) is 4.49. The number of aryl methyl sites for hydroxylation is 1. The third kappa shape index (κ3) is 3.39. The second-order valence-corrected chi connectivity index (χ2v) is 7.79.